The first-order chi connectivity index (χ1) is 5.79. The summed E-state index contributed by atoms with van der Waals surface area (Å²) in [5.41, 5.74) is 0. The third kappa shape index (κ3) is 1.50. The van der Waals surface area contributed by atoms with Gasteiger partial charge in [0.15, 0.2) is 0 Å². The fourth-order valence-electron chi connectivity index (χ4n) is 2.68. The fraction of sp³-hybridized carbons (Fsp3) is 0.818. The Morgan fingerprint density at radius 2 is 1.83 bits per heavy atom. The SMILES string of the molecule is C=C(O)C1C[C@@H]1C1CCCCC1. The Kier molecular flexibility index (Phi) is 2.12. The molecule has 1 heteroatoms. The molecule has 2 rings (SSSR count). The normalized spacial score (nSPS) is 36.3. The molecule has 0 bridgehead atoms. The van der Waals surface area contributed by atoms with Gasteiger partial charge in [-0.1, -0.05) is 38.7 Å². The van der Waals surface area contributed by atoms with Crippen LogP contribution in [0, 0.1) is 17.8 Å². The van der Waals surface area contributed by atoms with E-state index in [0.29, 0.717) is 11.7 Å². The molecule has 2 atom stereocenters. The molecular weight excluding hydrogens is 148 g/mol. The van der Waals surface area contributed by atoms with Gasteiger partial charge in [-0.3, -0.25) is 0 Å². The highest BCUT2D eigenvalue weighted by atomic mass is 16.3. The van der Waals surface area contributed by atoms with Crippen LogP contribution >= 0.6 is 0 Å². The first kappa shape index (κ1) is 8.15. The molecule has 2 saturated carbocycles. The molecule has 2 fully saturated rings. The van der Waals surface area contributed by atoms with E-state index in [-0.39, 0.29) is 0 Å². The molecule has 1 N–H and O–H groups in total. The summed E-state index contributed by atoms with van der Waals surface area (Å²) in [6.45, 7) is 3.62. The number of aliphatic hydroxyl groups excluding tert-OH is 1. The molecule has 0 aliphatic heterocycles. The second-order valence-corrected chi connectivity index (χ2v) is 4.40. The predicted molar refractivity (Wildman–Crippen MR) is 49.9 cm³/mol. The van der Waals surface area contributed by atoms with Gasteiger partial charge in [-0.2, -0.15) is 0 Å². The molecular formula is C11H18O. The summed E-state index contributed by atoms with van der Waals surface area (Å²) in [5.74, 6) is 2.61. The maximum absolute atomic E-state index is 9.20. The molecule has 68 valence electrons. The Labute approximate surface area is 74.5 Å². The highest BCUT2D eigenvalue weighted by molar-refractivity contribution is 5.06. The quantitative estimate of drug-likeness (QED) is 0.624. The van der Waals surface area contributed by atoms with Crippen molar-refractivity contribution < 1.29 is 5.11 Å². The lowest BCUT2D eigenvalue weighted by atomic mass is 9.85. The van der Waals surface area contributed by atoms with Crippen molar-refractivity contribution in [3.63, 3.8) is 0 Å². The van der Waals surface area contributed by atoms with Crippen LogP contribution < -0.4 is 0 Å². The average molecular weight is 166 g/mol. The van der Waals surface area contributed by atoms with Crippen molar-refractivity contribution in [2.75, 3.05) is 0 Å². The monoisotopic (exact) mass is 166 g/mol. The molecule has 0 aromatic carbocycles. The molecule has 0 heterocycles. The van der Waals surface area contributed by atoms with Gasteiger partial charge in [0, 0.05) is 5.92 Å². The number of hydrogen-bond donors (Lipinski definition) is 1. The van der Waals surface area contributed by atoms with Crippen LogP contribution in [0.4, 0.5) is 0 Å². The van der Waals surface area contributed by atoms with Gasteiger partial charge in [0.2, 0.25) is 0 Å². The van der Waals surface area contributed by atoms with E-state index in [4.69, 9.17) is 0 Å². The largest absolute Gasteiger partial charge is 0.513 e. The standard InChI is InChI=1S/C11H18O/c1-8(12)10-7-11(10)9-5-3-2-4-6-9/h9-12H,1-7H2/t10?,11-/m1/s1. The highest BCUT2D eigenvalue weighted by Gasteiger charge is 2.44. The van der Waals surface area contributed by atoms with Gasteiger partial charge in [-0.05, 0) is 18.3 Å². The van der Waals surface area contributed by atoms with Crippen LogP contribution in [0.15, 0.2) is 12.3 Å². The zero-order chi connectivity index (χ0) is 8.55. The lowest BCUT2D eigenvalue weighted by molar-refractivity contribution is 0.295. The van der Waals surface area contributed by atoms with Crippen molar-refractivity contribution in [2.24, 2.45) is 17.8 Å². The first-order valence-electron chi connectivity index (χ1n) is 5.17. The van der Waals surface area contributed by atoms with Crippen LogP contribution in [0.2, 0.25) is 0 Å². The van der Waals surface area contributed by atoms with Gasteiger partial charge in [0.1, 0.15) is 0 Å². The van der Waals surface area contributed by atoms with Crippen molar-refractivity contribution in [1.82, 2.24) is 0 Å². The molecule has 0 saturated heterocycles. The maximum Gasteiger partial charge on any atom is 0.0884 e. The minimum absolute atomic E-state index is 0.436. The van der Waals surface area contributed by atoms with E-state index in [9.17, 15) is 5.11 Å². The molecule has 0 amide bonds. The zero-order valence-electron chi connectivity index (χ0n) is 7.63. The molecule has 1 unspecified atom stereocenters. The minimum atomic E-state index is 0.436. The van der Waals surface area contributed by atoms with Crippen molar-refractivity contribution in [3.8, 4) is 0 Å². The summed E-state index contributed by atoms with van der Waals surface area (Å²) in [4.78, 5) is 0. The second kappa shape index (κ2) is 3.12. The Morgan fingerprint density at radius 3 is 2.33 bits per heavy atom. The summed E-state index contributed by atoms with van der Waals surface area (Å²) < 4.78 is 0. The smallest absolute Gasteiger partial charge is 0.0884 e. The lowest BCUT2D eigenvalue weighted by Gasteiger charge is -2.21. The topological polar surface area (TPSA) is 20.2 Å². The number of rotatable bonds is 2. The maximum atomic E-state index is 9.20. The van der Waals surface area contributed by atoms with Crippen molar-refractivity contribution >= 4 is 0 Å². The Hall–Kier alpha value is -0.460. The second-order valence-electron chi connectivity index (χ2n) is 4.40. The van der Waals surface area contributed by atoms with E-state index in [1.165, 1.54) is 38.5 Å². The number of allylic oxidation sites excluding steroid dienone is 1. The number of hydrogen-bond acceptors (Lipinski definition) is 1. The third-order valence-electron chi connectivity index (χ3n) is 3.52. The van der Waals surface area contributed by atoms with Gasteiger partial charge < -0.3 is 5.11 Å². The van der Waals surface area contributed by atoms with E-state index in [0.717, 1.165) is 11.8 Å². The molecule has 12 heavy (non-hydrogen) atoms. The Morgan fingerprint density at radius 1 is 1.17 bits per heavy atom. The van der Waals surface area contributed by atoms with E-state index < -0.39 is 0 Å². The minimum Gasteiger partial charge on any atom is -0.513 e. The van der Waals surface area contributed by atoms with Crippen molar-refractivity contribution in [2.45, 2.75) is 38.5 Å². The average Bonchev–Trinajstić information content (AvgIpc) is 2.84. The van der Waals surface area contributed by atoms with E-state index in [1.807, 2.05) is 0 Å². The molecule has 0 aromatic rings. The van der Waals surface area contributed by atoms with Gasteiger partial charge >= 0.3 is 0 Å². The molecule has 2 aliphatic carbocycles. The predicted octanol–water partition coefficient (Wildman–Crippen LogP) is 3.27. The van der Waals surface area contributed by atoms with Crippen LogP contribution in [0.5, 0.6) is 0 Å². The Balaban J connectivity index is 1.83. The molecule has 0 radical (unpaired) electrons. The third-order valence-corrected chi connectivity index (χ3v) is 3.52. The van der Waals surface area contributed by atoms with Gasteiger partial charge in [-0.25, -0.2) is 0 Å². The highest BCUT2D eigenvalue weighted by Crippen LogP contribution is 2.51. The summed E-state index contributed by atoms with van der Waals surface area (Å²) in [5, 5.41) is 9.20. The van der Waals surface area contributed by atoms with Crippen molar-refractivity contribution in [1.29, 1.82) is 0 Å². The first-order valence-corrected chi connectivity index (χ1v) is 5.17. The van der Waals surface area contributed by atoms with E-state index in [1.54, 1.807) is 0 Å². The van der Waals surface area contributed by atoms with Crippen LogP contribution in [0.25, 0.3) is 0 Å². The van der Waals surface area contributed by atoms with Crippen LogP contribution in [0.3, 0.4) is 0 Å². The summed E-state index contributed by atoms with van der Waals surface area (Å²) in [6, 6.07) is 0. The lowest BCUT2D eigenvalue weighted by Crippen LogP contribution is -2.09. The summed E-state index contributed by atoms with van der Waals surface area (Å²) >= 11 is 0. The Bertz CT molecular complexity index is 179. The van der Waals surface area contributed by atoms with Crippen LogP contribution in [0.1, 0.15) is 38.5 Å². The number of aliphatic hydroxyl groups is 1. The van der Waals surface area contributed by atoms with Gasteiger partial charge in [-0.15, -0.1) is 0 Å². The van der Waals surface area contributed by atoms with Gasteiger partial charge in [0.05, 0.1) is 5.76 Å². The van der Waals surface area contributed by atoms with E-state index in [2.05, 4.69) is 6.58 Å². The van der Waals surface area contributed by atoms with Crippen molar-refractivity contribution in [3.05, 3.63) is 12.3 Å². The zero-order valence-corrected chi connectivity index (χ0v) is 7.63. The summed E-state index contributed by atoms with van der Waals surface area (Å²) in [7, 11) is 0. The van der Waals surface area contributed by atoms with Crippen LogP contribution in [-0.4, -0.2) is 5.11 Å². The summed E-state index contributed by atoms with van der Waals surface area (Å²) in [6.07, 6.45) is 8.24. The van der Waals surface area contributed by atoms with Gasteiger partial charge in [0.25, 0.3) is 0 Å². The van der Waals surface area contributed by atoms with E-state index >= 15 is 0 Å². The fourth-order valence-corrected chi connectivity index (χ4v) is 2.68. The molecule has 2 aliphatic rings. The molecule has 0 spiro atoms. The molecule has 1 nitrogen and oxygen atoms in total. The van der Waals surface area contributed by atoms with Crippen LogP contribution in [-0.2, 0) is 0 Å². The molecule has 0 aromatic heterocycles.